The molecule has 0 fully saturated rings. The van der Waals surface area contributed by atoms with Crippen LogP contribution in [-0.4, -0.2) is 19.1 Å². The lowest BCUT2D eigenvalue weighted by Crippen LogP contribution is -2.17. The Morgan fingerprint density at radius 3 is 1.44 bits per heavy atom. The van der Waals surface area contributed by atoms with Crippen LogP contribution < -0.4 is 0 Å². The van der Waals surface area contributed by atoms with Gasteiger partial charge in [-0.3, -0.25) is 0 Å². The summed E-state index contributed by atoms with van der Waals surface area (Å²) in [6, 6.07) is 0. The van der Waals surface area contributed by atoms with E-state index in [2.05, 4.69) is 13.8 Å². The van der Waals surface area contributed by atoms with Crippen molar-refractivity contribution in [3.05, 3.63) is 0 Å². The van der Waals surface area contributed by atoms with Crippen molar-refractivity contribution in [3.8, 4) is 0 Å². The average Bonchev–Trinajstić information content (AvgIpc) is 2.14. The van der Waals surface area contributed by atoms with Gasteiger partial charge in [-0.1, -0.05) is 45.1 Å². The summed E-state index contributed by atoms with van der Waals surface area (Å²) in [6.07, 6.45) is 4.08. The van der Waals surface area contributed by atoms with E-state index in [0.29, 0.717) is 25.4 Å². The summed E-state index contributed by atoms with van der Waals surface area (Å²) >= 11 is 0. The molecule has 0 aromatic rings. The van der Waals surface area contributed by atoms with E-state index in [1.165, 1.54) is 0 Å². The van der Waals surface area contributed by atoms with E-state index in [1.54, 1.807) is 13.8 Å². The molecule has 0 aromatic carbocycles. The molecule has 0 aliphatic carbocycles. The van der Waals surface area contributed by atoms with Crippen molar-refractivity contribution in [2.75, 3.05) is 0 Å². The molecule has 0 heterocycles. The fourth-order valence-electron chi connectivity index (χ4n) is 2.13. The molecule has 2 unspecified atom stereocenters. The molecule has 2 atom stereocenters. The van der Waals surface area contributed by atoms with Crippen LogP contribution in [0.2, 0.25) is 18.5 Å². The van der Waals surface area contributed by atoms with Crippen molar-refractivity contribution >= 4 is 6.71 Å². The Labute approximate surface area is 100 Å². The quantitative estimate of drug-likeness (QED) is 0.481. The molecule has 96 valence electrons. The highest BCUT2D eigenvalue weighted by Gasteiger charge is 2.17. The lowest BCUT2D eigenvalue weighted by atomic mass is 9.37. The van der Waals surface area contributed by atoms with Crippen molar-refractivity contribution in [1.82, 2.24) is 0 Å². The Balaban J connectivity index is 3.71. The Morgan fingerprint density at radius 2 is 1.19 bits per heavy atom. The minimum atomic E-state index is -0.682. The van der Waals surface area contributed by atoms with Crippen molar-refractivity contribution in [2.24, 2.45) is 0 Å². The molecule has 0 amide bonds. The third kappa shape index (κ3) is 9.17. The van der Waals surface area contributed by atoms with E-state index < -0.39 is 12.3 Å². The predicted molar refractivity (Wildman–Crippen MR) is 70.1 cm³/mol. The zero-order valence-electron chi connectivity index (χ0n) is 11.3. The monoisotopic (exact) mass is 232 g/mol. The Bertz CT molecular complexity index is 144. The van der Waals surface area contributed by atoms with E-state index >= 15 is 0 Å². The third-order valence-corrected chi connectivity index (χ3v) is 3.30. The second kappa shape index (κ2) is 9.01. The predicted octanol–water partition coefficient (Wildman–Crippen LogP) is 5.17. The summed E-state index contributed by atoms with van der Waals surface area (Å²) in [4.78, 5) is 0. The molecule has 0 saturated carbocycles. The van der Waals surface area contributed by atoms with E-state index in [9.17, 15) is 8.78 Å². The number of halogens is 2. The third-order valence-electron chi connectivity index (χ3n) is 3.30. The molecule has 3 heteroatoms. The van der Waals surface area contributed by atoms with Crippen LogP contribution in [0, 0.1) is 0 Å². The first kappa shape index (κ1) is 15.9. The first-order valence-electron chi connectivity index (χ1n) is 6.71. The fraction of sp³-hybridized carbons (Fsp3) is 1.00. The molecule has 0 nitrogen and oxygen atoms in total. The molecule has 0 rings (SSSR count). The van der Waals surface area contributed by atoms with Crippen LogP contribution in [0.5, 0.6) is 0 Å². The SMILES string of the molecule is CC(F)CCCB(CCCC(C)F)C(C)C. The highest BCUT2D eigenvalue weighted by atomic mass is 19.1. The second-order valence-electron chi connectivity index (χ2n) is 5.43. The second-order valence-corrected chi connectivity index (χ2v) is 5.43. The minimum absolute atomic E-state index is 0.629. The van der Waals surface area contributed by atoms with Gasteiger partial charge in [-0.05, 0) is 26.7 Å². The topological polar surface area (TPSA) is 0 Å². The van der Waals surface area contributed by atoms with Crippen molar-refractivity contribution < 1.29 is 8.78 Å². The van der Waals surface area contributed by atoms with Gasteiger partial charge in [0, 0.05) is 0 Å². The molecular weight excluding hydrogens is 205 g/mol. The number of rotatable bonds is 9. The fourth-order valence-corrected chi connectivity index (χ4v) is 2.13. The maximum Gasteiger partial charge on any atom is 0.142 e. The van der Waals surface area contributed by atoms with Gasteiger partial charge < -0.3 is 0 Å². The van der Waals surface area contributed by atoms with Crippen LogP contribution in [-0.2, 0) is 0 Å². The zero-order valence-corrected chi connectivity index (χ0v) is 11.3. The van der Waals surface area contributed by atoms with Crippen LogP contribution in [0.15, 0.2) is 0 Å². The Hall–Kier alpha value is -0.0751. The highest BCUT2D eigenvalue weighted by molar-refractivity contribution is 6.60. The van der Waals surface area contributed by atoms with Crippen LogP contribution in [0.4, 0.5) is 8.78 Å². The largest absolute Gasteiger partial charge is 0.248 e. The maximum absolute atomic E-state index is 12.7. The van der Waals surface area contributed by atoms with Gasteiger partial charge in [0.15, 0.2) is 0 Å². The van der Waals surface area contributed by atoms with Crippen LogP contribution >= 0.6 is 0 Å². The lowest BCUT2D eigenvalue weighted by Gasteiger charge is -2.17. The van der Waals surface area contributed by atoms with E-state index in [4.69, 9.17) is 0 Å². The van der Waals surface area contributed by atoms with Gasteiger partial charge in [0.25, 0.3) is 0 Å². The van der Waals surface area contributed by atoms with E-state index in [1.807, 2.05) is 0 Å². The normalized spacial score (nSPS) is 15.2. The molecule has 0 spiro atoms. The van der Waals surface area contributed by atoms with E-state index in [-0.39, 0.29) is 0 Å². The van der Waals surface area contributed by atoms with Gasteiger partial charge in [0.1, 0.15) is 6.71 Å². The molecule has 0 bridgehead atoms. The van der Waals surface area contributed by atoms with Crippen LogP contribution in [0.1, 0.15) is 53.4 Å². The molecule has 0 radical (unpaired) electrons. The van der Waals surface area contributed by atoms with Gasteiger partial charge in [-0.15, -0.1) is 0 Å². The summed E-state index contributed by atoms with van der Waals surface area (Å²) in [5.41, 5.74) is 0. The average molecular weight is 232 g/mol. The summed E-state index contributed by atoms with van der Waals surface area (Å²) < 4.78 is 25.3. The first-order chi connectivity index (χ1) is 7.43. The molecule has 0 aliphatic rings. The van der Waals surface area contributed by atoms with E-state index in [0.717, 1.165) is 25.5 Å². The Kier molecular flexibility index (Phi) is 8.96. The molecular formula is C13H27BF2. The van der Waals surface area contributed by atoms with Gasteiger partial charge in [-0.25, -0.2) is 8.78 Å². The summed E-state index contributed by atoms with van der Waals surface area (Å²) in [7, 11) is 0. The minimum Gasteiger partial charge on any atom is -0.248 e. The molecule has 0 aromatic heterocycles. The van der Waals surface area contributed by atoms with Crippen LogP contribution in [0.25, 0.3) is 0 Å². The zero-order chi connectivity index (χ0) is 12.6. The van der Waals surface area contributed by atoms with Crippen molar-refractivity contribution in [2.45, 2.75) is 84.2 Å². The molecule has 0 aliphatic heterocycles. The Morgan fingerprint density at radius 1 is 0.812 bits per heavy atom. The first-order valence-corrected chi connectivity index (χ1v) is 6.71. The number of hydrogen-bond acceptors (Lipinski definition) is 0. The molecule has 0 N–H and O–H groups in total. The maximum atomic E-state index is 12.7. The molecule has 16 heavy (non-hydrogen) atoms. The summed E-state index contributed by atoms with van der Waals surface area (Å²) in [5, 5.41) is 0. The smallest absolute Gasteiger partial charge is 0.142 e. The van der Waals surface area contributed by atoms with Crippen molar-refractivity contribution in [1.29, 1.82) is 0 Å². The number of hydrogen-bond donors (Lipinski definition) is 0. The standard InChI is InChI=1S/C13H27BF2/c1-11(2)14(9-5-7-12(3)15)10-6-8-13(4)16/h11-13H,5-10H2,1-4H3. The van der Waals surface area contributed by atoms with Crippen molar-refractivity contribution in [3.63, 3.8) is 0 Å². The summed E-state index contributed by atoms with van der Waals surface area (Å²) in [6.45, 7) is 8.30. The number of alkyl halides is 2. The summed E-state index contributed by atoms with van der Waals surface area (Å²) in [5.74, 6) is 0.629. The van der Waals surface area contributed by atoms with Gasteiger partial charge in [0.05, 0.1) is 12.3 Å². The van der Waals surface area contributed by atoms with Gasteiger partial charge in [0.2, 0.25) is 0 Å². The van der Waals surface area contributed by atoms with Gasteiger partial charge >= 0.3 is 0 Å². The van der Waals surface area contributed by atoms with Gasteiger partial charge in [-0.2, -0.15) is 0 Å². The molecule has 0 saturated heterocycles. The highest BCUT2D eigenvalue weighted by Crippen LogP contribution is 2.22. The lowest BCUT2D eigenvalue weighted by molar-refractivity contribution is 0.337. The van der Waals surface area contributed by atoms with Crippen LogP contribution in [0.3, 0.4) is 0 Å².